The lowest BCUT2D eigenvalue weighted by molar-refractivity contribution is 0.749. The molecule has 1 heterocycles. The normalized spacial score (nSPS) is 12.1. The third-order valence-electron chi connectivity index (χ3n) is 2.72. The zero-order valence-electron chi connectivity index (χ0n) is 11.2. The molecular formula is C13H15N5S. The van der Waals surface area contributed by atoms with Crippen LogP contribution in [0, 0.1) is 31.1 Å². The monoisotopic (exact) mass is 273 g/mol. The Morgan fingerprint density at radius 3 is 2.95 bits per heavy atom. The fourth-order valence-corrected chi connectivity index (χ4v) is 2.43. The Morgan fingerprint density at radius 1 is 1.42 bits per heavy atom. The maximum absolute atomic E-state index is 8.81. The van der Waals surface area contributed by atoms with Gasteiger partial charge in [0.1, 0.15) is 0 Å². The van der Waals surface area contributed by atoms with Crippen LogP contribution < -0.4 is 0 Å². The first-order valence-corrected chi connectivity index (χ1v) is 6.99. The largest absolute Gasteiger partial charge is 0.214 e. The minimum atomic E-state index is -0.0197. The van der Waals surface area contributed by atoms with Crippen molar-refractivity contribution in [2.24, 2.45) is 5.92 Å². The number of hydrogen-bond donors (Lipinski definition) is 0. The van der Waals surface area contributed by atoms with E-state index in [9.17, 15) is 0 Å². The highest BCUT2D eigenvalue weighted by atomic mass is 32.2. The average molecular weight is 273 g/mol. The second-order valence-electron chi connectivity index (χ2n) is 4.50. The van der Waals surface area contributed by atoms with Crippen LogP contribution >= 0.6 is 11.8 Å². The van der Waals surface area contributed by atoms with Gasteiger partial charge in [-0.3, -0.25) is 0 Å². The summed E-state index contributed by atoms with van der Waals surface area (Å²) in [5.41, 5.74) is 3.27. The molecule has 2 aromatic rings. The van der Waals surface area contributed by atoms with Crippen LogP contribution in [0.1, 0.15) is 18.1 Å². The molecule has 5 nitrogen and oxygen atoms in total. The number of thioether (sulfide) groups is 1. The van der Waals surface area contributed by atoms with Crippen molar-refractivity contribution in [3.8, 4) is 11.8 Å². The van der Waals surface area contributed by atoms with Gasteiger partial charge >= 0.3 is 0 Å². The Hall–Kier alpha value is -1.87. The average Bonchev–Trinajstić information content (AvgIpc) is 2.87. The van der Waals surface area contributed by atoms with Gasteiger partial charge in [-0.05, 0) is 48.4 Å². The van der Waals surface area contributed by atoms with Crippen LogP contribution in [-0.2, 0) is 0 Å². The van der Waals surface area contributed by atoms with Gasteiger partial charge < -0.3 is 0 Å². The van der Waals surface area contributed by atoms with Gasteiger partial charge in [-0.2, -0.15) is 9.94 Å². The summed E-state index contributed by atoms with van der Waals surface area (Å²) in [6, 6.07) is 8.38. The van der Waals surface area contributed by atoms with Crippen molar-refractivity contribution < 1.29 is 0 Å². The summed E-state index contributed by atoms with van der Waals surface area (Å²) in [4.78, 5) is 0. The van der Waals surface area contributed by atoms with Gasteiger partial charge in [0.15, 0.2) is 0 Å². The molecule has 1 aromatic carbocycles. The lowest BCUT2D eigenvalue weighted by Gasteiger charge is -2.08. The molecule has 0 N–H and O–H groups in total. The Morgan fingerprint density at radius 2 is 2.21 bits per heavy atom. The molecule has 0 bridgehead atoms. The van der Waals surface area contributed by atoms with Crippen molar-refractivity contribution in [3.05, 3.63) is 29.3 Å². The highest BCUT2D eigenvalue weighted by Gasteiger charge is 2.12. The third-order valence-corrected chi connectivity index (χ3v) is 3.90. The molecule has 0 saturated carbocycles. The number of nitrogens with zero attached hydrogens (tertiary/aromatic N) is 5. The minimum absolute atomic E-state index is 0.0197. The van der Waals surface area contributed by atoms with E-state index < -0.39 is 0 Å². The summed E-state index contributed by atoms with van der Waals surface area (Å²) in [5.74, 6) is 0.663. The predicted molar refractivity (Wildman–Crippen MR) is 74.1 cm³/mol. The smallest absolute Gasteiger partial charge is 0.198 e. The summed E-state index contributed by atoms with van der Waals surface area (Å²) in [6.07, 6.45) is 0. The van der Waals surface area contributed by atoms with E-state index in [1.165, 1.54) is 11.8 Å². The third kappa shape index (κ3) is 3.12. The van der Waals surface area contributed by atoms with Gasteiger partial charge in [-0.25, -0.2) is 0 Å². The fourth-order valence-electron chi connectivity index (χ4n) is 1.60. The van der Waals surface area contributed by atoms with E-state index in [-0.39, 0.29) is 5.92 Å². The number of aromatic nitrogens is 4. The first kappa shape index (κ1) is 13.6. The highest BCUT2D eigenvalue weighted by molar-refractivity contribution is 7.99. The van der Waals surface area contributed by atoms with E-state index in [2.05, 4.69) is 39.8 Å². The molecule has 0 aliphatic heterocycles. The van der Waals surface area contributed by atoms with Crippen LogP contribution in [0.4, 0.5) is 0 Å². The molecule has 1 aromatic heterocycles. The lowest BCUT2D eigenvalue weighted by Crippen LogP contribution is -2.03. The number of aryl methyl sites for hydroxylation is 2. The second-order valence-corrected chi connectivity index (χ2v) is 5.49. The van der Waals surface area contributed by atoms with Crippen LogP contribution in [0.2, 0.25) is 0 Å². The summed E-state index contributed by atoms with van der Waals surface area (Å²) >= 11 is 1.50. The standard InChI is InChI=1S/C13H15N5S/c1-9-4-5-11(3)12(6-9)18-13(15-16-17-18)19-8-10(2)7-14/h4-6,10H,8H2,1-3H3/t10-/m1/s1. The van der Waals surface area contributed by atoms with Crippen LogP contribution in [0.3, 0.4) is 0 Å². The molecule has 2 rings (SSSR count). The molecule has 0 saturated heterocycles. The Kier molecular flexibility index (Phi) is 4.17. The molecule has 0 radical (unpaired) electrons. The van der Waals surface area contributed by atoms with Crippen molar-refractivity contribution in [1.29, 1.82) is 5.26 Å². The molecule has 19 heavy (non-hydrogen) atoms. The zero-order chi connectivity index (χ0) is 13.8. The van der Waals surface area contributed by atoms with Crippen LogP contribution in [-0.4, -0.2) is 26.0 Å². The fraction of sp³-hybridized carbons (Fsp3) is 0.385. The molecule has 1 atom stereocenters. The Bertz CT molecular complexity index is 614. The Balaban J connectivity index is 2.29. The molecule has 0 unspecified atom stereocenters. The number of rotatable bonds is 4. The first-order chi connectivity index (χ1) is 9.11. The van der Waals surface area contributed by atoms with E-state index in [0.29, 0.717) is 5.75 Å². The molecular weight excluding hydrogens is 258 g/mol. The molecule has 0 fully saturated rings. The quantitative estimate of drug-likeness (QED) is 0.801. The van der Waals surface area contributed by atoms with Gasteiger partial charge in [-0.15, -0.1) is 5.10 Å². The molecule has 98 valence electrons. The zero-order valence-corrected chi connectivity index (χ0v) is 12.0. The summed E-state index contributed by atoms with van der Waals surface area (Å²) in [7, 11) is 0. The SMILES string of the molecule is Cc1ccc(C)c(-n2nnnc2SC[C@H](C)C#N)c1. The van der Waals surface area contributed by atoms with Crippen LogP contribution in [0.15, 0.2) is 23.4 Å². The minimum Gasteiger partial charge on any atom is -0.198 e. The summed E-state index contributed by atoms with van der Waals surface area (Å²) in [6.45, 7) is 5.96. The van der Waals surface area contributed by atoms with Gasteiger partial charge in [-0.1, -0.05) is 23.9 Å². The highest BCUT2D eigenvalue weighted by Crippen LogP contribution is 2.22. The summed E-state index contributed by atoms with van der Waals surface area (Å²) < 4.78 is 1.73. The maximum Gasteiger partial charge on any atom is 0.214 e. The molecule has 6 heteroatoms. The van der Waals surface area contributed by atoms with Crippen LogP contribution in [0.25, 0.3) is 5.69 Å². The van der Waals surface area contributed by atoms with Gasteiger partial charge in [0.05, 0.1) is 17.7 Å². The topological polar surface area (TPSA) is 67.4 Å². The molecule has 0 aliphatic carbocycles. The van der Waals surface area contributed by atoms with E-state index in [1.807, 2.05) is 20.8 Å². The van der Waals surface area contributed by atoms with Crippen LogP contribution in [0.5, 0.6) is 0 Å². The van der Waals surface area contributed by atoms with Crippen molar-refractivity contribution in [2.45, 2.75) is 25.9 Å². The number of benzene rings is 1. The van der Waals surface area contributed by atoms with Crippen molar-refractivity contribution >= 4 is 11.8 Å². The van der Waals surface area contributed by atoms with Gasteiger partial charge in [0.25, 0.3) is 0 Å². The predicted octanol–water partition coefficient (Wildman–Crippen LogP) is 2.53. The lowest BCUT2D eigenvalue weighted by atomic mass is 10.1. The van der Waals surface area contributed by atoms with E-state index >= 15 is 0 Å². The van der Waals surface area contributed by atoms with Crippen molar-refractivity contribution in [1.82, 2.24) is 20.2 Å². The van der Waals surface area contributed by atoms with Crippen molar-refractivity contribution in [2.75, 3.05) is 5.75 Å². The van der Waals surface area contributed by atoms with E-state index in [1.54, 1.807) is 4.68 Å². The van der Waals surface area contributed by atoms with Crippen molar-refractivity contribution in [3.63, 3.8) is 0 Å². The Labute approximate surface area is 116 Å². The number of tetrazole rings is 1. The first-order valence-electron chi connectivity index (χ1n) is 6.00. The second kappa shape index (κ2) is 5.85. The van der Waals surface area contributed by atoms with Gasteiger partial charge in [0, 0.05) is 5.75 Å². The van der Waals surface area contributed by atoms with Gasteiger partial charge in [0.2, 0.25) is 5.16 Å². The van der Waals surface area contributed by atoms with E-state index in [4.69, 9.17) is 5.26 Å². The molecule has 0 amide bonds. The molecule has 0 aliphatic rings. The number of nitriles is 1. The van der Waals surface area contributed by atoms with E-state index in [0.717, 1.165) is 22.0 Å². The molecule has 0 spiro atoms. The summed E-state index contributed by atoms with van der Waals surface area (Å²) in [5, 5.41) is 21.3. The number of hydrogen-bond acceptors (Lipinski definition) is 5. The maximum atomic E-state index is 8.81.